The molecule has 0 atom stereocenters. The molecule has 82 valence electrons. The highest BCUT2D eigenvalue weighted by Gasteiger charge is 1.94. The summed E-state index contributed by atoms with van der Waals surface area (Å²) < 4.78 is 0. The minimum Gasteiger partial charge on any atom is -0.291 e. The van der Waals surface area contributed by atoms with Gasteiger partial charge in [-0.2, -0.15) is 0 Å². The van der Waals surface area contributed by atoms with E-state index in [1.165, 1.54) is 6.20 Å². The third-order valence-corrected chi connectivity index (χ3v) is 1.94. The molecule has 5 heteroatoms. The van der Waals surface area contributed by atoms with E-state index in [4.69, 9.17) is 4.84 Å². The lowest BCUT2D eigenvalue weighted by Crippen LogP contribution is -2.12. The van der Waals surface area contributed by atoms with Crippen LogP contribution in [0.5, 0.6) is 0 Å². The molecule has 1 aromatic carbocycles. The van der Waals surface area contributed by atoms with Crippen LogP contribution in [0.25, 0.3) is 0 Å². The number of rotatable bonds is 4. The third kappa shape index (κ3) is 2.93. The van der Waals surface area contributed by atoms with E-state index in [1.807, 2.05) is 30.3 Å². The van der Waals surface area contributed by atoms with Crippen LogP contribution >= 0.6 is 0 Å². The minimum absolute atomic E-state index is 0.409. The van der Waals surface area contributed by atoms with Crippen molar-refractivity contribution < 1.29 is 4.84 Å². The van der Waals surface area contributed by atoms with E-state index in [-0.39, 0.29) is 0 Å². The zero-order valence-corrected chi connectivity index (χ0v) is 8.51. The first-order valence-electron chi connectivity index (χ1n) is 4.81. The Labute approximate surface area is 92.1 Å². The van der Waals surface area contributed by atoms with Crippen molar-refractivity contribution in [3.8, 4) is 0 Å². The monoisotopic (exact) mass is 217 g/mol. The lowest BCUT2D eigenvalue weighted by Gasteiger charge is -2.05. The average molecular weight is 217 g/mol. The number of benzene rings is 1. The summed E-state index contributed by atoms with van der Waals surface area (Å²) in [6, 6.07) is 11.3. The van der Waals surface area contributed by atoms with Gasteiger partial charge in [-0.25, -0.2) is 9.78 Å². The van der Waals surface area contributed by atoms with Crippen LogP contribution in [-0.2, 0) is 11.4 Å². The van der Waals surface area contributed by atoms with Gasteiger partial charge in [0.1, 0.15) is 5.82 Å². The second-order valence-electron chi connectivity index (χ2n) is 3.17. The van der Waals surface area contributed by atoms with Crippen molar-refractivity contribution in [2.45, 2.75) is 6.61 Å². The Morgan fingerprint density at radius 1 is 1.25 bits per heavy atom. The molecule has 16 heavy (non-hydrogen) atoms. The van der Waals surface area contributed by atoms with Gasteiger partial charge in [-0.15, -0.1) is 0 Å². The molecule has 2 aromatic rings. The van der Waals surface area contributed by atoms with Crippen molar-refractivity contribution >= 4 is 5.82 Å². The van der Waals surface area contributed by atoms with Crippen LogP contribution < -0.4 is 11.2 Å². The quantitative estimate of drug-likeness (QED) is 0.758. The predicted octanol–water partition coefficient (Wildman–Crippen LogP) is 1.31. The molecule has 0 saturated heterocycles. The highest BCUT2D eigenvalue weighted by Crippen LogP contribution is 2.02. The number of aromatic nitrogens is 2. The zero-order valence-electron chi connectivity index (χ0n) is 8.51. The molecule has 0 saturated carbocycles. The number of H-pyrrole nitrogens is 1. The Kier molecular flexibility index (Phi) is 3.30. The largest absolute Gasteiger partial charge is 0.346 e. The molecule has 1 aromatic heterocycles. The van der Waals surface area contributed by atoms with Gasteiger partial charge in [0.05, 0.1) is 6.61 Å². The number of hydrogen-bond donors (Lipinski definition) is 2. The van der Waals surface area contributed by atoms with Gasteiger partial charge in [-0.3, -0.25) is 15.3 Å². The summed E-state index contributed by atoms with van der Waals surface area (Å²) in [5.74, 6) is 0.482. The first-order chi connectivity index (χ1) is 7.84. The summed E-state index contributed by atoms with van der Waals surface area (Å²) in [5.41, 5.74) is 3.28. The van der Waals surface area contributed by atoms with Gasteiger partial charge in [0.15, 0.2) is 0 Å². The Hall–Kier alpha value is -2.14. The number of aromatic amines is 1. The topological polar surface area (TPSA) is 67.0 Å². The van der Waals surface area contributed by atoms with Crippen molar-refractivity contribution in [3.05, 3.63) is 58.6 Å². The molecular formula is C11H11N3O2. The summed E-state index contributed by atoms with van der Waals surface area (Å²) in [7, 11) is 0. The van der Waals surface area contributed by atoms with Gasteiger partial charge in [-0.1, -0.05) is 30.3 Å². The van der Waals surface area contributed by atoms with Crippen LogP contribution in [0.15, 0.2) is 47.4 Å². The highest BCUT2D eigenvalue weighted by atomic mass is 16.6. The van der Waals surface area contributed by atoms with E-state index in [0.29, 0.717) is 12.4 Å². The van der Waals surface area contributed by atoms with Crippen LogP contribution in [0, 0.1) is 0 Å². The SMILES string of the molecule is O=c1nccc(NOCc2ccccc2)[nH]1. The van der Waals surface area contributed by atoms with Gasteiger partial charge in [0.25, 0.3) is 0 Å². The molecule has 5 nitrogen and oxygen atoms in total. The zero-order chi connectivity index (χ0) is 11.2. The second-order valence-corrected chi connectivity index (χ2v) is 3.17. The molecule has 0 unspecified atom stereocenters. The number of hydrogen-bond acceptors (Lipinski definition) is 4. The summed E-state index contributed by atoms with van der Waals surface area (Å²) in [6.07, 6.45) is 1.41. The fourth-order valence-electron chi connectivity index (χ4n) is 1.20. The standard InChI is InChI=1S/C11H11N3O2/c15-11-12-7-6-10(13-11)14-16-8-9-4-2-1-3-5-9/h1-7H,8H2,(H2,12,13,14,15). The molecule has 0 amide bonds. The van der Waals surface area contributed by atoms with Crippen molar-refractivity contribution in [2.24, 2.45) is 0 Å². The normalized spacial score (nSPS) is 10.0. The number of anilines is 1. The van der Waals surface area contributed by atoms with E-state index in [2.05, 4.69) is 15.4 Å². The smallest absolute Gasteiger partial charge is 0.291 e. The first-order valence-corrected chi connectivity index (χ1v) is 4.81. The van der Waals surface area contributed by atoms with Gasteiger partial charge in [-0.05, 0) is 11.6 Å². The fraction of sp³-hybridized carbons (Fsp3) is 0.0909. The van der Waals surface area contributed by atoms with Crippen molar-refractivity contribution in [1.82, 2.24) is 9.97 Å². The Morgan fingerprint density at radius 2 is 2.06 bits per heavy atom. The molecule has 0 aliphatic heterocycles. The maximum Gasteiger partial charge on any atom is 0.346 e. The first kappa shape index (κ1) is 10.4. The van der Waals surface area contributed by atoms with Crippen molar-refractivity contribution in [2.75, 3.05) is 5.48 Å². The molecule has 0 aliphatic rings. The highest BCUT2D eigenvalue weighted by molar-refractivity contribution is 5.28. The van der Waals surface area contributed by atoms with Crippen LogP contribution in [-0.4, -0.2) is 9.97 Å². The molecule has 0 aliphatic carbocycles. The lowest BCUT2D eigenvalue weighted by molar-refractivity contribution is 0.178. The van der Waals surface area contributed by atoms with E-state index >= 15 is 0 Å². The molecule has 1 heterocycles. The Balaban J connectivity index is 1.87. The van der Waals surface area contributed by atoms with E-state index < -0.39 is 5.69 Å². The lowest BCUT2D eigenvalue weighted by atomic mass is 10.2. The molecule has 0 radical (unpaired) electrons. The van der Waals surface area contributed by atoms with Gasteiger partial charge < -0.3 is 0 Å². The molecule has 2 rings (SSSR count). The van der Waals surface area contributed by atoms with Crippen LogP contribution in [0.2, 0.25) is 0 Å². The number of nitrogens with zero attached hydrogens (tertiary/aromatic N) is 1. The average Bonchev–Trinajstić information content (AvgIpc) is 2.30. The number of nitrogens with one attached hydrogen (secondary N) is 2. The molecule has 2 N–H and O–H groups in total. The maximum atomic E-state index is 10.9. The predicted molar refractivity (Wildman–Crippen MR) is 59.7 cm³/mol. The minimum atomic E-state index is -0.409. The molecule has 0 bridgehead atoms. The third-order valence-electron chi connectivity index (χ3n) is 1.94. The molecule has 0 fully saturated rings. The van der Waals surface area contributed by atoms with Gasteiger partial charge in [0.2, 0.25) is 0 Å². The van der Waals surface area contributed by atoms with Gasteiger partial charge >= 0.3 is 5.69 Å². The van der Waals surface area contributed by atoms with Crippen LogP contribution in [0.1, 0.15) is 5.56 Å². The fourth-order valence-corrected chi connectivity index (χ4v) is 1.20. The summed E-state index contributed by atoms with van der Waals surface area (Å²) in [6.45, 7) is 0.422. The van der Waals surface area contributed by atoms with Crippen molar-refractivity contribution in [1.29, 1.82) is 0 Å². The Morgan fingerprint density at radius 3 is 2.81 bits per heavy atom. The van der Waals surface area contributed by atoms with E-state index in [0.717, 1.165) is 5.56 Å². The van der Waals surface area contributed by atoms with Crippen LogP contribution in [0.3, 0.4) is 0 Å². The van der Waals surface area contributed by atoms with Gasteiger partial charge in [0, 0.05) is 6.20 Å². The van der Waals surface area contributed by atoms with Crippen molar-refractivity contribution in [3.63, 3.8) is 0 Å². The summed E-state index contributed by atoms with van der Waals surface area (Å²) in [4.78, 5) is 22.1. The Bertz CT molecular complexity index is 496. The molecular weight excluding hydrogens is 206 g/mol. The summed E-state index contributed by atoms with van der Waals surface area (Å²) in [5, 5.41) is 0. The summed E-state index contributed by atoms with van der Waals surface area (Å²) >= 11 is 0. The molecule has 0 spiro atoms. The van der Waals surface area contributed by atoms with E-state index in [9.17, 15) is 4.79 Å². The van der Waals surface area contributed by atoms with E-state index in [1.54, 1.807) is 6.07 Å². The maximum absolute atomic E-state index is 10.9. The van der Waals surface area contributed by atoms with Crippen LogP contribution in [0.4, 0.5) is 5.82 Å². The second kappa shape index (κ2) is 5.09.